The number of rotatable bonds is 6. The molecule has 1 aliphatic rings. The van der Waals surface area contributed by atoms with E-state index in [1.54, 1.807) is 6.07 Å². The van der Waals surface area contributed by atoms with Gasteiger partial charge >= 0.3 is 5.82 Å². The number of aromatic nitrogens is 1. The van der Waals surface area contributed by atoms with E-state index in [4.69, 9.17) is 0 Å². The zero-order valence-corrected chi connectivity index (χ0v) is 13.6. The molecule has 2 heterocycles. The largest absolute Gasteiger partial charge is 0.366 e. The minimum atomic E-state index is -0.502. The third-order valence-electron chi connectivity index (χ3n) is 4.04. The number of hydrogen-bond acceptors (Lipinski definition) is 6. The minimum absolute atomic E-state index is 0.0600. The molecule has 126 valence electrons. The van der Waals surface area contributed by atoms with E-state index in [1.807, 2.05) is 13.8 Å². The predicted molar refractivity (Wildman–Crippen MR) is 87.4 cm³/mol. The highest BCUT2D eigenvalue weighted by Crippen LogP contribution is 2.17. The second-order valence-corrected chi connectivity index (χ2v) is 5.77. The molecule has 0 spiro atoms. The molecule has 2 rings (SSSR count). The van der Waals surface area contributed by atoms with E-state index in [9.17, 15) is 14.9 Å². The highest BCUT2D eigenvalue weighted by molar-refractivity contribution is 5.78. The molecule has 8 heteroatoms. The lowest BCUT2D eigenvalue weighted by Gasteiger charge is -2.35. The second kappa shape index (κ2) is 7.87. The van der Waals surface area contributed by atoms with Gasteiger partial charge in [0.25, 0.3) is 0 Å². The summed E-state index contributed by atoms with van der Waals surface area (Å²) in [7, 11) is 0. The van der Waals surface area contributed by atoms with Crippen LogP contribution in [0.1, 0.15) is 20.3 Å². The fourth-order valence-electron chi connectivity index (χ4n) is 2.46. The summed E-state index contributed by atoms with van der Waals surface area (Å²) in [5.74, 6) is -0.0843. The lowest BCUT2D eigenvalue weighted by atomic mass is 10.2. The average Bonchev–Trinajstić information content (AvgIpc) is 2.55. The quantitative estimate of drug-likeness (QED) is 0.621. The Hall–Kier alpha value is -2.22. The van der Waals surface area contributed by atoms with Crippen LogP contribution in [0.15, 0.2) is 18.3 Å². The van der Waals surface area contributed by atoms with Crippen LogP contribution in [0.3, 0.4) is 0 Å². The fraction of sp³-hybridized carbons (Fsp3) is 0.600. The number of amides is 1. The maximum absolute atomic E-state index is 11.9. The molecule has 0 aromatic carbocycles. The maximum Gasteiger partial charge on any atom is 0.363 e. The highest BCUT2D eigenvalue weighted by Gasteiger charge is 2.21. The van der Waals surface area contributed by atoms with E-state index < -0.39 is 4.92 Å². The van der Waals surface area contributed by atoms with Crippen molar-refractivity contribution in [2.45, 2.75) is 26.3 Å². The van der Waals surface area contributed by atoms with Crippen LogP contribution >= 0.6 is 0 Å². The number of pyridine rings is 1. The summed E-state index contributed by atoms with van der Waals surface area (Å²) in [6.45, 7) is 7.57. The van der Waals surface area contributed by atoms with E-state index in [1.165, 1.54) is 12.3 Å². The molecule has 1 N–H and O–H groups in total. The maximum atomic E-state index is 11.9. The molecule has 0 radical (unpaired) electrons. The van der Waals surface area contributed by atoms with Crippen LogP contribution in [-0.4, -0.2) is 59.5 Å². The van der Waals surface area contributed by atoms with Crippen LogP contribution in [0.2, 0.25) is 0 Å². The highest BCUT2D eigenvalue weighted by atomic mass is 16.6. The van der Waals surface area contributed by atoms with Crippen molar-refractivity contribution in [2.75, 3.05) is 37.6 Å². The van der Waals surface area contributed by atoms with Crippen molar-refractivity contribution in [3.05, 3.63) is 28.4 Å². The molecule has 1 fully saturated rings. The third-order valence-corrected chi connectivity index (χ3v) is 4.04. The smallest absolute Gasteiger partial charge is 0.363 e. The molecule has 1 aromatic rings. The van der Waals surface area contributed by atoms with E-state index in [0.29, 0.717) is 6.54 Å². The number of nitrogens with one attached hydrogen (secondary N) is 1. The van der Waals surface area contributed by atoms with Crippen LogP contribution in [0, 0.1) is 10.1 Å². The van der Waals surface area contributed by atoms with Gasteiger partial charge in [-0.15, -0.1) is 0 Å². The topological polar surface area (TPSA) is 91.6 Å². The van der Waals surface area contributed by atoms with Gasteiger partial charge in [-0.3, -0.25) is 9.69 Å². The Morgan fingerprint density at radius 2 is 2.09 bits per heavy atom. The summed E-state index contributed by atoms with van der Waals surface area (Å²) in [5.41, 5.74) is 0.874. The van der Waals surface area contributed by atoms with Gasteiger partial charge in [0, 0.05) is 38.3 Å². The van der Waals surface area contributed by atoms with Gasteiger partial charge in [-0.25, -0.2) is 0 Å². The van der Waals surface area contributed by atoms with Crippen LogP contribution in [-0.2, 0) is 4.79 Å². The molecule has 8 nitrogen and oxygen atoms in total. The van der Waals surface area contributed by atoms with Gasteiger partial charge in [0.05, 0.1) is 12.2 Å². The molecular weight excluding hydrogens is 298 g/mol. The van der Waals surface area contributed by atoms with E-state index in [2.05, 4.69) is 20.1 Å². The summed E-state index contributed by atoms with van der Waals surface area (Å²) >= 11 is 0. The molecule has 23 heavy (non-hydrogen) atoms. The summed E-state index contributed by atoms with van der Waals surface area (Å²) in [6, 6.07) is 3.34. The molecule has 1 unspecified atom stereocenters. The number of carbonyl (C=O) groups excluding carboxylic acids is 1. The van der Waals surface area contributed by atoms with E-state index in [0.717, 1.165) is 38.3 Å². The monoisotopic (exact) mass is 321 g/mol. The zero-order valence-electron chi connectivity index (χ0n) is 13.6. The standard InChI is InChI=1S/C15H23N5O3/c1-3-12(2)17-15(21)11-18-6-8-19(9-7-18)13-4-5-14(16-10-13)20(22)23/h4-5,10,12H,3,6-9,11H2,1-2H3,(H,17,21). The van der Waals surface area contributed by atoms with Gasteiger partial charge in [-0.1, -0.05) is 6.92 Å². The molecule has 1 atom stereocenters. The van der Waals surface area contributed by atoms with Crippen LogP contribution in [0.25, 0.3) is 0 Å². The number of carbonyl (C=O) groups is 1. The van der Waals surface area contributed by atoms with E-state index in [-0.39, 0.29) is 17.8 Å². The van der Waals surface area contributed by atoms with Crippen molar-refractivity contribution in [2.24, 2.45) is 0 Å². The molecule has 1 aliphatic heterocycles. The first-order chi connectivity index (χ1) is 11.0. The third kappa shape index (κ3) is 4.88. The van der Waals surface area contributed by atoms with Gasteiger partial charge in [0.1, 0.15) is 0 Å². The number of hydrogen-bond donors (Lipinski definition) is 1. The summed E-state index contributed by atoms with van der Waals surface area (Å²) < 4.78 is 0. The number of nitro groups is 1. The van der Waals surface area contributed by atoms with Crippen molar-refractivity contribution in [3.63, 3.8) is 0 Å². The lowest BCUT2D eigenvalue weighted by molar-refractivity contribution is -0.389. The molecule has 0 bridgehead atoms. The van der Waals surface area contributed by atoms with Crippen molar-refractivity contribution in [1.82, 2.24) is 15.2 Å². The molecule has 0 saturated carbocycles. The van der Waals surface area contributed by atoms with Gasteiger partial charge < -0.3 is 20.3 Å². The van der Waals surface area contributed by atoms with Crippen molar-refractivity contribution in [1.29, 1.82) is 0 Å². The van der Waals surface area contributed by atoms with Crippen LogP contribution < -0.4 is 10.2 Å². The molecule has 1 amide bonds. The summed E-state index contributed by atoms with van der Waals surface area (Å²) in [4.78, 5) is 30.1. The number of piperazine rings is 1. The Labute approximate surface area is 135 Å². The molecule has 1 aromatic heterocycles. The van der Waals surface area contributed by atoms with Crippen molar-refractivity contribution < 1.29 is 9.72 Å². The van der Waals surface area contributed by atoms with Gasteiger partial charge in [-0.2, -0.15) is 0 Å². The Balaban J connectivity index is 1.81. The van der Waals surface area contributed by atoms with Crippen molar-refractivity contribution in [3.8, 4) is 0 Å². The number of nitrogens with zero attached hydrogens (tertiary/aromatic N) is 4. The van der Waals surface area contributed by atoms with Crippen LogP contribution in [0.4, 0.5) is 11.5 Å². The number of anilines is 1. The van der Waals surface area contributed by atoms with Crippen molar-refractivity contribution >= 4 is 17.4 Å². The summed E-state index contributed by atoms with van der Waals surface area (Å²) in [5, 5.41) is 13.6. The summed E-state index contributed by atoms with van der Waals surface area (Å²) in [6.07, 6.45) is 2.45. The molecule has 0 aliphatic carbocycles. The Bertz CT molecular complexity index is 541. The van der Waals surface area contributed by atoms with E-state index >= 15 is 0 Å². The molecule has 1 saturated heterocycles. The van der Waals surface area contributed by atoms with Crippen LogP contribution in [0.5, 0.6) is 0 Å². The second-order valence-electron chi connectivity index (χ2n) is 5.77. The SMILES string of the molecule is CCC(C)NC(=O)CN1CCN(c2ccc([N+](=O)[O-])nc2)CC1. The lowest BCUT2D eigenvalue weighted by Crippen LogP contribution is -2.50. The Morgan fingerprint density at radius 1 is 1.39 bits per heavy atom. The predicted octanol–water partition coefficient (Wildman–Crippen LogP) is 1.03. The molecular formula is C15H23N5O3. The Kier molecular flexibility index (Phi) is 5.86. The first-order valence-electron chi connectivity index (χ1n) is 7.86. The van der Waals surface area contributed by atoms with Gasteiger partial charge in [0.2, 0.25) is 5.91 Å². The van der Waals surface area contributed by atoms with Gasteiger partial charge in [-0.05, 0) is 29.3 Å². The average molecular weight is 321 g/mol. The van der Waals surface area contributed by atoms with Gasteiger partial charge in [0.15, 0.2) is 6.20 Å². The first kappa shape index (κ1) is 17.1. The minimum Gasteiger partial charge on any atom is -0.366 e. The Morgan fingerprint density at radius 3 is 2.61 bits per heavy atom. The zero-order chi connectivity index (χ0) is 16.8. The normalized spacial score (nSPS) is 16.9. The first-order valence-corrected chi connectivity index (χ1v) is 7.86. The fourth-order valence-corrected chi connectivity index (χ4v) is 2.46.